The Hall–Kier alpha value is -2.22. The molecule has 2 aromatic rings. The van der Waals surface area contributed by atoms with E-state index in [1.54, 1.807) is 7.11 Å². The summed E-state index contributed by atoms with van der Waals surface area (Å²) < 4.78 is 7.28. The number of hydrogen-bond donors (Lipinski definition) is 2. The Morgan fingerprint density at radius 2 is 2.25 bits per heavy atom. The molecule has 8 nitrogen and oxygen atoms in total. The number of rotatable bonds is 4. The summed E-state index contributed by atoms with van der Waals surface area (Å²) in [6, 6.07) is 0.128. The largest absolute Gasteiger partial charge is 0.377 e. The number of methoxy groups -OCH3 is 1. The molecule has 0 fully saturated rings. The lowest BCUT2D eigenvalue weighted by atomic mass is 10.1. The smallest absolute Gasteiger partial charge is 0.272 e. The third-order valence-electron chi connectivity index (χ3n) is 4.95. The Balaban J connectivity index is 1.42. The highest BCUT2D eigenvalue weighted by molar-refractivity contribution is 5.94. The van der Waals surface area contributed by atoms with Crippen LogP contribution in [0.2, 0.25) is 0 Å². The van der Waals surface area contributed by atoms with Gasteiger partial charge in [0.25, 0.3) is 5.91 Å². The molecule has 2 aliphatic rings. The van der Waals surface area contributed by atoms with Crippen LogP contribution in [0.5, 0.6) is 0 Å². The maximum atomic E-state index is 12.6. The minimum Gasteiger partial charge on any atom is -0.377 e. The number of carbonyl (C=O) groups excluding carboxylic acids is 1. The number of ether oxygens (including phenoxy) is 1. The first-order chi connectivity index (χ1) is 11.8. The van der Waals surface area contributed by atoms with Gasteiger partial charge in [-0.1, -0.05) is 0 Å². The molecule has 1 unspecified atom stereocenters. The zero-order chi connectivity index (χ0) is 16.5. The Morgan fingerprint density at radius 1 is 1.33 bits per heavy atom. The average Bonchev–Trinajstić information content (AvgIpc) is 3.23. The molecular weight excluding hydrogens is 308 g/mol. The van der Waals surface area contributed by atoms with E-state index in [0.717, 1.165) is 68.0 Å². The number of aromatic amines is 1. The van der Waals surface area contributed by atoms with Gasteiger partial charge in [-0.3, -0.25) is 9.89 Å². The summed E-state index contributed by atoms with van der Waals surface area (Å²) in [6.07, 6.45) is 5.57. The first-order valence-corrected chi connectivity index (χ1v) is 8.53. The number of carbonyl (C=O) groups is 1. The molecule has 2 aromatic heterocycles. The third kappa shape index (κ3) is 2.71. The minimum atomic E-state index is -0.0609. The fourth-order valence-corrected chi connectivity index (χ4v) is 3.69. The van der Waals surface area contributed by atoms with Gasteiger partial charge in [-0.05, 0) is 32.1 Å². The van der Waals surface area contributed by atoms with E-state index in [9.17, 15) is 4.79 Å². The van der Waals surface area contributed by atoms with Crippen LogP contribution in [0.3, 0.4) is 0 Å². The average molecular weight is 330 g/mol. The van der Waals surface area contributed by atoms with Gasteiger partial charge in [-0.25, -0.2) is 0 Å². The van der Waals surface area contributed by atoms with Gasteiger partial charge >= 0.3 is 0 Å². The van der Waals surface area contributed by atoms with Gasteiger partial charge in [-0.2, -0.15) is 5.10 Å². The predicted octanol–water partition coefficient (Wildman–Crippen LogP) is 0.771. The van der Waals surface area contributed by atoms with Crippen LogP contribution >= 0.6 is 0 Å². The van der Waals surface area contributed by atoms with E-state index >= 15 is 0 Å². The summed E-state index contributed by atoms with van der Waals surface area (Å²) in [6.45, 7) is 1.26. The van der Waals surface area contributed by atoms with Crippen LogP contribution in [0, 0.1) is 0 Å². The van der Waals surface area contributed by atoms with E-state index in [0.29, 0.717) is 12.3 Å². The van der Waals surface area contributed by atoms with Crippen molar-refractivity contribution in [3.8, 4) is 0 Å². The quantitative estimate of drug-likeness (QED) is 0.863. The molecule has 1 aliphatic carbocycles. The highest BCUT2D eigenvalue weighted by Gasteiger charge is 2.26. The van der Waals surface area contributed by atoms with Gasteiger partial charge in [0.2, 0.25) is 0 Å². The normalized spacial score (nSPS) is 19.6. The first kappa shape index (κ1) is 15.3. The SMILES string of the molecule is COCc1nnc2n1CCC(NC(=O)c1n[nH]c3c1CCC3)CC2. The molecule has 3 heterocycles. The van der Waals surface area contributed by atoms with Crippen molar-refractivity contribution in [3.63, 3.8) is 0 Å². The Bertz CT molecular complexity index is 750. The number of aromatic nitrogens is 5. The van der Waals surface area contributed by atoms with E-state index in [1.807, 2.05) is 0 Å². The fourth-order valence-electron chi connectivity index (χ4n) is 3.69. The highest BCUT2D eigenvalue weighted by atomic mass is 16.5. The summed E-state index contributed by atoms with van der Waals surface area (Å²) in [5.74, 6) is 1.76. The van der Waals surface area contributed by atoms with Gasteiger partial charge < -0.3 is 14.6 Å². The van der Waals surface area contributed by atoms with Crippen LogP contribution in [-0.2, 0) is 37.2 Å². The summed E-state index contributed by atoms with van der Waals surface area (Å²) in [4.78, 5) is 12.6. The van der Waals surface area contributed by atoms with E-state index < -0.39 is 0 Å². The van der Waals surface area contributed by atoms with Crippen LogP contribution in [-0.4, -0.2) is 44.0 Å². The van der Waals surface area contributed by atoms with Crippen LogP contribution < -0.4 is 5.32 Å². The predicted molar refractivity (Wildman–Crippen MR) is 85.5 cm³/mol. The zero-order valence-corrected chi connectivity index (χ0v) is 13.8. The lowest BCUT2D eigenvalue weighted by Gasteiger charge is -2.15. The second-order valence-corrected chi connectivity index (χ2v) is 6.50. The van der Waals surface area contributed by atoms with Gasteiger partial charge in [0.15, 0.2) is 11.5 Å². The molecule has 0 spiro atoms. The van der Waals surface area contributed by atoms with Crippen molar-refractivity contribution in [1.29, 1.82) is 0 Å². The third-order valence-corrected chi connectivity index (χ3v) is 4.95. The summed E-state index contributed by atoms with van der Waals surface area (Å²) in [7, 11) is 1.66. The van der Waals surface area contributed by atoms with Gasteiger partial charge in [-0.15, -0.1) is 10.2 Å². The Morgan fingerprint density at radius 3 is 3.12 bits per heavy atom. The van der Waals surface area contributed by atoms with E-state index in [2.05, 4.69) is 30.3 Å². The van der Waals surface area contributed by atoms with Crippen LogP contribution in [0.15, 0.2) is 0 Å². The molecule has 8 heteroatoms. The molecule has 1 amide bonds. The molecule has 0 aromatic carbocycles. The van der Waals surface area contributed by atoms with Crippen LogP contribution in [0.25, 0.3) is 0 Å². The van der Waals surface area contributed by atoms with Gasteiger partial charge in [0.05, 0.1) is 0 Å². The van der Waals surface area contributed by atoms with Crippen LogP contribution in [0.1, 0.15) is 52.7 Å². The second-order valence-electron chi connectivity index (χ2n) is 6.50. The maximum Gasteiger partial charge on any atom is 0.272 e. The maximum absolute atomic E-state index is 12.6. The molecule has 0 radical (unpaired) electrons. The minimum absolute atomic E-state index is 0.0609. The standard InChI is InChI=1S/C16H22N6O2/c1-24-9-14-20-19-13-6-5-10(7-8-22(13)14)17-16(23)15-11-3-2-4-12(11)18-21-15/h10H,2-9H2,1H3,(H,17,23)(H,18,21). The molecular formula is C16H22N6O2. The number of aryl methyl sites for hydroxylation is 2. The van der Waals surface area contributed by atoms with Crippen molar-refractivity contribution in [2.45, 2.75) is 57.7 Å². The van der Waals surface area contributed by atoms with Crippen molar-refractivity contribution in [2.24, 2.45) is 0 Å². The van der Waals surface area contributed by atoms with Crippen molar-refractivity contribution in [3.05, 3.63) is 28.6 Å². The monoisotopic (exact) mass is 330 g/mol. The summed E-state index contributed by atoms with van der Waals surface area (Å²) >= 11 is 0. The fraction of sp³-hybridized carbons (Fsp3) is 0.625. The van der Waals surface area contributed by atoms with Gasteiger partial charge in [0.1, 0.15) is 12.4 Å². The summed E-state index contributed by atoms with van der Waals surface area (Å²) in [5, 5.41) is 18.8. The number of hydrogen-bond acceptors (Lipinski definition) is 5. The number of nitrogens with zero attached hydrogens (tertiary/aromatic N) is 4. The molecule has 0 saturated heterocycles. The molecule has 0 bridgehead atoms. The highest BCUT2D eigenvalue weighted by Crippen LogP contribution is 2.23. The second kappa shape index (κ2) is 6.35. The Labute approximate surface area is 140 Å². The number of H-pyrrole nitrogens is 1. The van der Waals surface area contributed by atoms with Crippen molar-refractivity contribution >= 4 is 5.91 Å². The number of nitrogens with one attached hydrogen (secondary N) is 2. The molecule has 1 aliphatic heterocycles. The number of amides is 1. The molecule has 128 valence electrons. The number of fused-ring (bicyclic) bond motifs is 2. The molecule has 1 atom stereocenters. The van der Waals surface area contributed by atoms with E-state index in [1.165, 1.54) is 0 Å². The molecule has 0 saturated carbocycles. The van der Waals surface area contributed by atoms with Crippen molar-refractivity contribution in [2.75, 3.05) is 7.11 Å². The Kier molecular flexibility index (Phi) is 4.05. The first-order valence-electron chi connectivity index (χ1n) is 8.53. The zero-order valence-electron chi connectivity index (χ0n) is 13.8. The van der Waals surface area contributed by atoms with Gasteiger partial charge in [0, 0.05) is 37.4 Å². The lowest BCUT2D eigenvalue weighted by molar-refractivity contribution is 0.0926. The van der Waals surface area contributed by atoms with Crippen LogP contribution in [0.4, 0.5) is 0 Å². The molecule has 4 rings (SSSR count). The molecule has 2 N–H and O–H groups in total. The summed E-state index contributed by atoms with van der Waals surface area (Å²) in [5.41, 5.74) is 2.79. The van der Waals surface area contributed by atoms with Crippen molar-refractivity contribution < 1.29 is 9.53 Å². The lowest BCUT2D eigenvalue weighted by Crippen LogP contribution is -2.36. The van der Waals surface area contributed by atoms with E-state index in [4.69, 9.17) is 4.74 Å². The van der Waals surface area contributed by atoms with E-state index in [-0.39, 0.29) is 11.9 Å². The topological polar surface area (TPSA) is 97.7 Å². The van der Waals surface area contributed by atoms with Crippen molar-refractivity contribution in [1.82, 2.24) is 30.3 Å². The molecule has 24 heavy (non-hydrogen) atoms.